The van der Waals surface area contributed by atoms with Crippen molar-refractivity contribution in [2.24, 2.45) is 0 Å². The molecule has 0 aromatic carbocycles. The van der Waals surface area contributed by atoms with Crippen LogP contribution in [0.4, 0.5) is 5.82 Å². The highest BCUT2D eigenvalue weighted by atomic mass is 16.5. The lowest BCUT2D eigenvalue weighted by molar-refractivity contribution is -0.122. The molecule has 1 aliphatic rings. The molecule has 1 aliphatic heterocycles. The second-order valence-electron chi connectivity index (χ2n) is 5.56. The van der Waals surface area contributed by atoms with Gasteiger partial charge in [0.2, 0.25) is 5.91 Å². The van der Waals surface area contributed by atoms with E-state index in [4.69, 9.17) is 4.74 Å². The maximum atomic E-state index is 11.9. The van der Waals surface area contributed by atoms with Crippen molar-refractivity contribution in [3.05, 3.63) is 12.7 Å². The first kappa shape index (κ1) is 14.7. The highest BCUT2D eigenvalue weighted by Gasteiger charge is 2.19. The van der Waals surface area contributed by atoms with Gasteiger partial charge in [0.25, 0.3) is 0 Å². The smallest absolute Gasteiger partial charge is 0.240 e. The lowest BCUT2D eigenvalue weighted by atomic mass is 10.3. The number of hydrogen-bond donors (Lipinski definition) is 1. The number of nitrogens with zero attached hydrogens (tertiary/aromatic N) is 5. The van der Waals surface area contributed by atoms with Gasteiger partial charge in [0.1, 0.15) is 12.9 Å². The molecule has 1 fully saturated rings. The molecule has 2 aromatic rings. The first-order valence-electron chi connectivity index (χ1n) is 7.43. The average Bonchev–Trinajstić information content (AvgIpc) is 2.90. The van der Waals surface area contributed by atoms with Crippen molar-refractivity contribution in [2.75, 3.05) is 31.2 Å². The summed E-state index contributed by atoms with van der Waals surface area (Å²) in [6.07, 6.45) is 3.16. The molecule has 1 saturated heterocycles. The van der Waals surface area contributed by atoms with E-state index in [0.29, 0.717) is 18.9 Å². The van der Waals surface area contributed by atoms with Crippen molar-refractivity contribution in [2.45, 2.75) is 26.4 Å². The van der Waals surface area contributed by atoms with E-state index in [2.05, 4.69) is 25.2 Å². The Morgan fingerprint density at radius 1 is 1.32 bits per heavy atom. The minimum absolute atomic E-state index is 0.0548. The van der Waals surface area contributed by atoms with Gasteiger partial charge in [-0.3, -0.25) is 4.79 Å². The third-order valence-corrected chi connectivity index (χ3v) is 3.46. The minimum atomic E-state index is -0.0548. The molecule has 0 radical (unpaired) electrons. The number of aromatic nitrogens is 4. The summed E-state index contributed by atoms with van der Waals surface area (Å²) < 4.78 is 7.11. The molecule has 3 heterocycles. The molecule has 0 atom stereocenters. The number of rotatable bonds is 4. The van der Waals surface area contributed by atoms with Gasteiger partial charge in [0.15, 0.2) is 17.0 Å². The maximum absolute atomic E-state index is 11.9. The van der Waals surface area contributed by atoms with Crippen LogP contribution in [0.1, 0.15) is 13.8 Å². The van der Waals surface area contributed by atoms with E-state index in [1.807, 2.05) is 13.8 Å². The van der Waals surface area contributed by atoms with Gasteiger partial charge in [-0.05, 0) is 13.8 Å². The monoisotopic (exact) mass is 304 g/mol. The molecule has 0 spiro atoms. The fraction of sp³-hybridized carbons (Fsp3) is 0.571. The number of fused-ring (bicyclic) bond motifs is 1. The average molecular weight is 304 g/mol. The van der Waals surface area contributed by atoms with E-state index < -0.39 is 0 Å². The second kappa shape index (κ2) is 6.27. The maximum Gasteiger partial charge on any atom is 0.240 e. The van der Waals surface area contributed by atoms with Gasteiger partial charge in [-0.25, -0.2) is 15.0 Å². The Morgan fingerprint density at radius 3 is 2.82 bits per heavy atom. The lowest BCUT2D eigenvalue weighted by Gasteiger charge is -2.27. The molecule has 3 rings (SSSR count). The van der Waals surface area contributed by atoms with Crippen LogP contribution in [-0.4, -0.2) is 57.8 Å². The van der Waals surface area contributed by atoms with Gasteiger partial charge in [0.05, 0.1) is 19.5 Å². The Hall–Kier alpha value is -2.22. The van der Waals surface area contributed by atoms with Gasteiger partial charge in [0, 0.05) is 19.1 Å². The van der Waals surface area contributed by atoms with Crippen molar-refractivity contribution < 1.29 is 9.53 Å². The zero-order chi connectivity index (χ0) is 15.5. The standard InChI is InChI=1S/C14H20N6O2/c1-10(2)18-11(21)7-20-9-17-12-13(15-8-16-14(12)20)19-3-5-22-6-4-19/h8-10H,3-7H2,1-2H3,(H,18,21). The molecule has 0 unspecified atom stereocenters. The van der Waals surface area contributed by atoms with E-state index in [1.54, 1.807) is 10.9 Å². The Bertz CT molecular complexity index is 662. The second-order valence-corrected chi connectivity index (χ2v) is 5.56. The number of amides is 1. The quantitative estimate of drug-likeness (QED) is 0.868. The summed E-state index contributed by atoms with van der Waals surface area (Å²) in [5.41, 5.74) is 1.40. The first-order valence-corrected chi connectivity index (χ1v) is 7.43. The lowest BCUT2D eigenvalue weighted by Crippen LogP contribution is -2.37. The third-order valence-electron chi connectivity index (χ3n) is 3.46. The summed E-state index contributed by atoms with van der Waals surface area (Å²) >= 11 is 0. The third kappa shape index (κ3) is 3.01. The normalized spacial score (nSPS) is 15.5. The Labute approximate surface area is 128 Å². The van der Waals surface area contributed by atoms with Crippen molar-refractivity contribution >= 4 is 22.9 Å². The molecule has 0 aliphatic carbocycles. The molecule has 0 saturated carbocycles. The zero-order valence-corrected chi connectivity index (χ0v) is 12.8. The van der Waals surface area contributed by atoms with Gasteiger partial charge >= 0.3 is 0 Å². The molecule has 8 heteroatoms. The van der Waals surface area contributed by atoms with Crippen molar-refractivity contribution in [3.63, 3.8) is 0 Å². The zero-order valence-electron chi connectivity index (χ0n) is 12.8. The first-order chi connectivity index (χ1) is 10.6. The van der Waals surface area contributed by atoms with Crippen LogP contribution in [0, 0.1) is 0 Å². The van der Waals surface area contributed by atoms with Gasteiger partial charge < -0.3 is 19.5 Å². The fourth-order valence-corrected chi connectivity index (χ4v) is 2.51. The summed E-state index contributed by atoms with van der Waals surface area (Å²) in [5, 5.41) is 2.87. The molecule has 8 nitrogen and oxygen atoms in total. The van der Waals surface area contributed by atoms with E-state index >= 15 is 0 Å². The van der Waals surface area contributed by atoms with Crippen LogP contribution in [-0.2, 0) is 16.1 Å². The van der Waals surface area contributed by atoms with Crippen LogP contribution in [0.3, 0.4) is 0 Å². The fourth-order valence-electron chi connectivity index (χ4n) is 2.51. The molecule has 1 N–H and O–H groups in total. The van der Waals surface area contributed by atoms with Crippen LogP contribution >= 0.6 is 0 Å². The molecular weight excluding hydrogens is 284 g/mol. The van der Waals surface area contributed by atoms with Crippen molar-refractivity contribution in [3.8, 4) is 0 Å². The molecule has 0 bridgehead atoms. The molecular formula is C14H20N6O2. The van der Waals surface area contributed by atoms with Crippen LogP contribution in [0.25, 0.3) is 11.2 Å². The SMILES string of the molecule is CC(C)NC(=O)Cn1cnc2c(N3CCOCC3)ncnc21. The number of ether oxygens (including phenoxy) is 1. The molecule has 22 heavy (non-hydrogen) atoms. The van der Waals surface area contributed by atoms with E-state index in [-0.39, 0.29) is 18.5 Å². The Kier molecular flexibility index (Phi) is 4.19. The Morgan fingerprint density at radius 2 is 2.09 bits per heavy atom. The minimum Gasteiger partial charge on any atom is -0.378 e. The summed E-state index contributed by atoms with van der Waals surface area (Å²) in [4.78, 5) is 27.1. The van der Waals surface area contributed by atoms with Crippen molar-refractivity contribution in [1.82, 2.24) is 24.8 Å². The van der Waals surface area contributed by atoms with Crippen LogP contribution in [0.5, 0.6) is 0 Å². The predicted octanol–water partition coefficient (Wildman–Crippen LogP) is 0.187. The topological polar surface area (TPSA) is 85.2 Å². The Balaban J connectivity index is 1.86. The number of nitrogens with one attached hydrogen (secondary N) is 1. The summed E-state index contributed by atoms with van der Waals surface area (Å²) in [6, 6.07) is 0.112. The predicted molar refractivity (Wildman–Crippen MR) is 81.6 cm³/mol. The largest absolute Gasteiger partial charge is 0.378 e. The van der Waals surface area contributed by atoms with Crippen LogP contribution < -0.4 is 10.2 Å². The summed E-state index contributed by atoms with van der Waals surface area (Å²) in [6.45, 7) is 7.01. The number of imidazole rings is 1. The highest BCUT2D eigenvalue weighted by Crippen LogP contribution is 2.22. The van der Waals surface area contributed by atoms with Crippen LogP contribution in [0.15, 0.2) is 12.7 Å². The number of morpholine rings is 1. The van der Waals surface area contributed by atoms with Gasteiger partial charge in [-0.1, -0.05) is 0 Å². The highest BCUT2D eigenvalue weighted by molar-refractivity contribution is 5.85. The van der Waals surface area contributed by atoms with Crippen molar-refractivity contribution in [1.29, 1.82) is 0 Å². The molecule has 118 valence electrons. The molecule has 1 amide bonds. The summed E-state index contributed by atoms with van der Waals surface area (Å²) in [7, 11) is 0. The van der Waals surface area contributed by atoms with Gasteiger partial charge in [-0.15, -0.1) is 0 Å². The number of hydrogen-bond acceptors (Lipinski definition) is 6. The summed E-state index contributed by atoms with van der Waals surface area (Å²) in [5.74, 6) is 0.747. The molecule has 2 aromatic heterocycles. The number of anilines is 1. The number of carbonyl (C=O) groups is 1. The number of carbonyl (C=O) groups excluding carboxylic acids is 1. The van der Waals surface area contributed by atoms with Gasteiger partial charge in [-0.2, -0.15) is 0 Å². The van der Waals surface area contributed by atoms with E-state index in [1.165, 1.54) is 6.33 Å². The van der Waals surface area contributed by atoms with E-state index in [0.717, 1.165) is 24.4 Å². The van der Waals surface area contributed by atoms with Crippen LogP contribution in [0.2, 0.25) is 0 Å². The van der Waals surface area contributed by atoms with E-state index in [9.17, 15) is 4.79 Å².